The molecule has 1 aliphatic heterocycles. The molecule has 1 N–H and O–H groups in total. The molecule has 0 saturated carbocycles. The molecule has 2 heterocycles. The van der Waals surface area contributed by atoms with E-state index in [9.17, 15) is 5.11 Å². The minimum Gasteiger partial charge on any atom is -0.396 e. The van der Waals surface area contributed by atoms with E-state index in [0.29, 0.717) is 6.61 Å². The molecular weight excluding hydrogens is 196 g/mol. The summed E-state index contributed by atoms with van der Waals surface area (Å²) in [6.45, 7) is 1.80. The molecule has 2 nitrogen and oxygen atoms in total. The molecule has 1 aromatic rings. The van der Waals surface area contributed by atoms with E-state index in [-0.39, 0.29) is 12.0 Å². The Hall–Kier alpha value is -0.380. The Labute approximate surface area is 88.5 Å². The van der Waals surface area contributed by atoms with Crippen LogP contribution in [-0.4, -0.2) is 24.9 Å². The molecule has 78 valence electrons. The highest BCUT2D eigenvalue weighted by Gasteiger charge is 2.32. The van der Waals surface area contributed by atoms with Gasteiger partial charge in [-0.1, -0.05) is 0 Å². The lowest BCUT2D eigenvalue weighted by Crippen LogP contribution is -2.37. The maximum atomic E-state index is 9.46. The van der Waals surface area contributed by atoms with E-state index in [1.165, 1.54) is 5.56 Å². The van der Waals surface area contributed by atoms with Crippen molar-refractivity contribution in [1.29, 1.82) is 0 Å². The van der Waals surface area contributed by atoms with Crippen LogP contribution in [0.25, 0.3) is 0 Å². The average molecular weight is 212 g/mol. The van der Waals surface area contributed by atoms with Gasteiger partial charge in [0.15, 0.2) is 0 Å². The smallest absolute Gasteiger partial charge is 0.0547 e. The van der Waals surface area contributed by atoms with E-state index in [1.807, 2.05) is 0 Å². The quantitative estimate of drug-likeness (QED) is 0.831. The number of hydrogen-bond acceptors (Lipinski definition) is 3. The highest BCUT2D eigenvalue weighted by molar-refractivity contribution is 7.07. The summed E-state index contributed by atoms with van der Waals surface area (Å²) in [6.07, 6.45) is 3.11. The molecule has 2 rings (SSSR count). The molecule has 1 aliphatic rings. The number of aliphatic hydroxyl groups excluding tert-OH is 1. The van der Waals surface area contributed by atoms with Crippen LogP contribution < -0.4 is 0 Å². The van der Waals surface area contributed by atoms with Gasteiger partial charge in [0.25, 0.3) is 0 Å². The average Bonchev–Trinajstić information content (AvgIpc) is 2.72. The number of ether oxygens (including phenoxy) is 1. The first-order chi connectivity index (χ1) is 6.85. The summed E-state index contributed by atoms with van der Waals surface area (Å²) < 4.78 is 5.47. The number of aliphatic hydroxyl groups is 1. The monoisotopic (exact) mass is 212 g/mol. The van der Waals surface area contributed by atoms with Gasteiger partial charge in [0.05, 0.1) is 13.2 Å². The third kappa shape index (κ3) is 2.16. The van der Waals surface area contributed by atoms with Crippen molar-refractivity contribution >= 4 is 11.3 Å². The fourth-order valence-electron chi connectivity index (χ4n) is 2.06. The summed E-state index contributed by atoms with van der Waals surface area (Å²) >= 11 is 1.71. The largest absolute Gasteiger partial charge is 0.396 e. The molecule has 1 saturated heterocycles. The van der Waals surface area contributed by atoms with Crippen molar-refractivity contribution in [2.75, 3.05) is 19.8 Å². The lowest BCUT2D eigenvalue weighted by atomic mass is 9.78. The molecule has 0 aliphatic carbocycles. The van der Waals surface area contributed by atoms with E-state index in [4.69, 9.17) is 4.74 Å². The van der Waals surface area contributed by atoms with Crippen molar-refractivity contribution in [2.45, 2.75) is 19.3 Å². The second-order valence-corrected chi connectivity index (χ2v) is 4.90. The number of thiophene rings is 1. The normalized spacial score (nSPS) is 27.8. The Balaban J connectivity index is 2.04. The van der Waals surface area contributed by atoms with Gasteiger partial charge in [-0.2, -0.15) is 11.3 Å². The molecule has 14 heavy (non-hydrogen) atoms. The molecule has 0 radical (unpaired) electrons. The van der Waals surface area contributed by atoms with Crippen LogP contribution in [0.1, 0.15) is 18.4 Å². The molecular formula is C11H16O2S. The maximum absolute atomic E-state index is 9.46. The third-order valence-corrected chi connectivity index (χ3v) is 3.63. The Morgan fingerprint density at radius 1 is 1.57 bits per heavy atom. The Morgan fingerprint density at radius 3 is 3.07 bits per heavy atom. The van der Waals surface area contributed by atoms with Gasteiger partial charge in [-0.25, -0.2) is 0 Å². The van der Waals surface area contributed by atoms with Crippen LogP contribution in [0.2, 0.25) is 0 Å². The summed E-state index contributed by atoms with van der Waals surface area (Å²) in [5, 5.41) is 13.7. The van der Waals surface area contributed by atoms with E-state index in [0.717, 1.165) is 25.9 Å². The highest BCUT2D eigenvalue weighted by atomic mass is 32.1. The molecule has 3 heteroatoms. The van der Waals surface area contributed by atoms with Crippen LogP contribution >= 0.6 is 11.3 Å². The van der Waals surface area contributed by atoms with E-state index in [1.54, 1.807) is 11.3 Å². The fourth-order valence-corrected chi connectivity index (χ4v) is 2.72. The first kappa shape index (κ1) is 10.1. The maximum Gasteiger partial charge on any atom is 0.0547 e. The van der Waals surface area contributed by atoms with Crippen LogP contribution in [0.3, 0.4) is 0 Å². The molecule has 0 aromatic carbocycles. The predicted molar refractivity (Wildman–Crippen MR) is 57.6 cm³/mol. The van der Waals surface area contributed by atoms with Crippen molar-refractivity contribution in [3.05, 3.63) is 22.4 Å². The van der Waals surface area contributed by atoms with Crippen molar-refractivity contribution in [3.8, 4) is 0 Å². The lowest BCUT2D eigenvalue weighted by Gasteiger charge is -2.35. The van der Waals surface area contributed by atoms with Gasteiger partial charge in [-0.05, 0) is 41.7 Å². The summed E-state index contributed by atoms with van der Waals surface area (Å²) in [6, 6.07) is 2.14. The fraction of sp³-hybridized carbons (Fsp3) is 0.636. The predicted octanol–water partition coefficient (Wildman–Crippen LogP) is 2.08. The molecule has 0 bridgehead atoms. The van der Waals surface area contributed by atoms with Crippen LogP contribution in [0.4, 0.5) is 0 Å². The van der Waals surface area contributed by atoms with Crippen molar-refractivity contribution in [1.82, 2.24) is 0 Å². The topological polar surface area (TPSA) is 29.5 Å². The van der Waals surface area contributed by atoms with E-state index < -0.39 is 0 Å². The molecule has 1 aromatic heterocycles. The van der Waals surface area contributed by atoms with Crippen LogP contribution in [0.15, 0.2) is 16.8 Å². The Kier molecular flexibility index (Phi) is 3.21. The zero-order chi connectivity index (χ0) is 9.86. The minimum absolute atomic E-state index is 0.0146. The van der Waals surface area contributed by atoms with Crippen molar-refractivity contribution < 1.29 is 9.84 Å². The van der Waals surface area contributed by atoms with Gasteiger partial charge in [-0.15, -0.1) is 0 Å². The zero-order valence-corrected chi connectivity index (χ0v) is 9.05. The van der Waals surface area contributed by atoms with Crippen molar-refractivity contribution in [3.63, 3.8) is 0 Å². The van der Waals surface area contributed by atoms with E-state index in [2.05, 4.69) is 16.8 Å². The summed E-state index contributed by atoms with van der Waals surface area (Å²) in [5.41, 5.74) is 1.31. The van der Waals surface area contributed by atoms with Crippen LogP contribution in [0.5, 0.6) is 0 Å². The van der Waals surface area contributed by atoms with Crippen molar-refractivity contribution in [2.24, 2.45) is 5.41 Å². The van der Waals surface area contributed by atoms with Crippen LogP contribution in [0, 0.1) is 5.41 Å². The highest BCUT2D eigenvalue weighted by Crippen LogP contribution is 2.32. The van der Waals surface area contributed by atoms with Crippen LogP contribution in [-0.2, 0) is 11.2 Å². The molecule has 0 spiro atoms. The van der Waals surface area contributed by atoms with Gasteiger partial charge in [-0.3, -0.25) is 0 Å². The second kappa shape index (κ2) is 4.43. The molecule has 1 unspecified atom stereocenters. The first-order valence-corrected chi connectivity index (χ1v) is 5.99. The van der Waals surface area contributed by atoms with Gasteiger partial charge in [0.1, 0.15) is 0 Å². The molecule has 1 atom stereocenters. The van der Waals surface area contributed by atoms with E-state index >= 15 is 0 Å². The second-order valence-electron chi connectivity index (χ2n) is 4.12. The zero-order valence-electron chi connectivity index (χ0n) is 8.24. The Bertz CT molecular complexity index is 263. The van der Waals surface area contributed by atoms with Gasteiger partial charge >= 0.3 is 0 Å². The molecule has 1 fully saturated rings. The lowest BCUT2D eigenvalue weighted by molar-refractivity contribution is -0.0378. The summed E-state index contributed by atoms with van der Waals surface area (Å²) in [5.74, 6) is 0. The SMILES string of the molecule is OCC1(Cc2ccsc2)CCCOC1. The Morgan fingerprint density at radius 2 is 2.50 bits per heavy atom. The minimum atomic E-state index is -0.0146. The van der Waals surface area contributed by atoms with Gasteiger partial charge in [0, 0.05) is 12.0 Å². The number of hydrogen-bond donors (Lipinski definition) is 1. The summed E-state index contributed by atoms with van der Waals surface area (Å²) in [4.78, 5) is 0. The third-order valence-electron chi connectivity index (χ3n) is 2.90. The number of rotatable bonds is 3. The standard InChI is InChI=1S/C11H16O2S/c12-8-11(3-1-4-13-9-11)6-10-2-5-14-7-10/h2,5,7,12H,1,3-4,6,8-9H2. The molecule has 0 amide bonds. The summed E-state index contributed by atoms with van der Waals surface area (Å²) in [7, 11) is 0. The van der Waals surface area contributed by atoms with Gasteiger partial charge < -0.3 is 9.84 Å². The van der Waals surface area contributed by atoms with Gasteiger partial charge in [0.2, 0.25) is 0 Å². The first-order valence-electron chi connectivity index (χ1n) is 5.04.